The van der Waals surface area contributed by atoms with Crippen molar-refractivity contribution in [1.29, 1.82) is 0 Å². The summed E-state index contributed by atoms with van der Waals surface area (Å²) in [5.74, 6) is -0.770. The zero-order valence-corrected chi connectivity index (χ0v) is 10.1. The molecule has 0 atom stereocenters. The van der Waals surface area contributed by atoms with Gasteiger partial charge in [0.2, 0.25) is 0 Å². The fourth-order valence-electron chi connectivity index (χ4n) is 1.53. The Kier molecular flexibility index (Phi) is 3.53. The number of aliphatic carboxylic acids is 1. The molecular formula is C14H18O2. The van der Waals surface area contributed by atoms with Crippen molar-refractivity contribution in [2.75, 3.05) is 0 Å². The Balaban J connectivity index is 2.94. The zero-order valence-electron chi connectivity index (χ0n) is 10.1. The van der Waals surface area contributed by atoms with Gasteiger partial charge in [-0.15, -0.1) is 0 Å². The number of allylic oxidation sites excluding steroid dienone is 1. The monoisotopic (exact) mass is 218 g/mol. The molecule has 2 heteroatoms. The second-order valence-electron chi connectivity index (χ2n) is 4.85. The molecule has 0 aromatic heterocycles. The zero-order chi connectivity index (χ0) is 12.3. The van der Waals surface area contributed by atoms with Crippen LogP contribution in [0, 0.1) is 5.41 Å². The summed E-state index contributed by atoms with van der Waals surface area (Å²) in [6.07, 6.45) is 0.531. The Morgan fingerprint density at radius 3 is 2.56 bits per heavy atom. The number of rotatable bonds is 4. The highest BCUT2D eigenvalue weighted by Gasteiger charge is 2.27. The molecule has 0 aliphatic carbocycles. The molecule has 0 unspecified atom stereocenters. The van der Waals surface area contributed by atoms with Gasteiger partial charge in [0.05, 0.1) is 5.41 Å². The van der Waals surface area contributed by atoms with Gasteiger partial charge >= 0.3 is 5.97 Å². The maximum absolute atomic E-state index is 11.0. The maximum Gasteiger partial charge on any atom is 0.309 e. The van der Waals surface area contributed by atoms with E-state index in [-0.39, 0.29) is 0 Å². The van der Waals surface area contributed by atoms with Crippen molar-refractivity contribution >= 4 is 11.5 Å². The standard InChI is InChI=1S/C14H18O2/c1-10(2)12-7-5-6-11(8-12)9-14(3,4)13(15)16/h5-8H,1,9H2,2-4H3,(H,15,16). The van der Waals surface area contributed by atoms with Gasteiger partial charge in [0.25, 0.3) is 0 Å². The molecule has 0 fully saturated rings. The molecule has 1 aromatic carbocycles. The molecule has 86 valence electrons. The van der Waals surface area contributed by atoms with Gasteiger partial charge in [-0.25, -0.2) is 0 Å². The summed E-state index contributed by atoms with van der Waals surface area (Å²) in [5.41, 5.74) is 2.37. The lowest BCUT2D eigenvalue weighted by Gasteiger charge is -2.19. The van der Waals surface area contributed by atoms with Crippen LogP contribution in [0.1, 0.15) is 31.9 Å². The summed E-state index contributed by atoms with van der Waals surface area (Å²) < 4.78 is 0. The molecule has 1 rings (SSSR count). The summed E-state index contributed by atoms with van der Waals surface area (Å²) in [4.78, 5) is 11.0. The Bertz CT molecular complexity index is 416. The van der Waals surface area contributed by atoms with Crippen molar-refractivity contribution in [3.05, 3.63) is 42.0 Å². The minimum atomic E-state index is -0.770. The third-order valence-corrected chi connectivity index (χ3v) is 2.64. The van der Waals surface area contributed by atoms with Crippen LogP contribution in [0.3, 0.4) is 0 Å². The summed E-state index contributed by atoms with van der Waals surface area (Å²) in [6.45, 7) is 9.31. The molecule has 0 spiro atoms. The fraction of sp³-hybridized carbons (Fsp3) is 0.357. The predicted octanol–water partition coefficient (Wildman–Crippen LogP) is 3.37. The van der Waals surface area contributed by atoms with E-state index < -0.39 is 11.4 Å². The predicted molar refractivity (Wildman–Crippen MR) is 66.3 cm³/mol. The van der Waals surface area contributed by atoms with Crippen LogP contribution in [0.4, 0.5) is 0 Å². The molecule has 1 aromatic rings. The first-order chi connectivity index (χ1) is 7.33. The minimum absolute atomic E-state index is 0.531. The molecule has 2 nitrogen and oxygen atoms in total. The first-order valence-corrected chi connectivity index (χ1v) is 5.31. The smallest absolute Gasteiger partial charge is 0.309 e. The molecular weight excluding hydrogens is 200 g/mol. The van der Waals surface area contributed by atoms with Crippen molar-refractivity contribution in [2.24, 2.45) is 5.41 Å². The highest BCUT2D eigenvalue weighted by atomic mass is 16.4. The third-order valence-electron chi connectivity index (χ3n) is 2.64. The summed E-state index contributed by atoms with van der Waals surface area (Å²) in [7, 11) is 0. The van der Waals surface area contributed by atoms with E-state index in [1.165, 1.54) is 0 Å². The number of hydrogen-bond acceptors (Lipinski definition) is 1. The highest BCUT2D eigenvalue weighted by molar-refractivity contribution is 5.74. The van der Waals surface area contributed by atoms with Crippen molar-refractivity contribution in [1.82, 2.24) is 0 Å². The van der Waals surface area contributed by atoms with Crippen molar-refractivity contribution in [2.45, 2.75) is 27.2 Å². The van der Waals surface area contributed by atoms with Gasteiger partial charge in [-0.05, 0) is 38.3 Å². The van der Waals surface area contributed by atoms with Crippen LogP contribution in [0.5, 0.6) is 0 Å². The SMILES string of the molecule is C=C(C)c1cccc(CC(C)(C)C(=O)O)c1. The van der Waals surface area contributed by atoms with Gasteiger partial charge in [0.15, 0.2) is 0 Å². The first-order valence-electron chi connectivity index (χ1n) is 5.31. The molecule has 0 heterocycles. The summed E-state index contributed by atoms with van der Waals surface area (Å²) in [5, 5.41) is 9.06. The van der Waals surface area contributed by atoms with E-state index in [0.29, 0.717) is 6.42 Å². The molecule has 0 bridgehead atoms. The molecule has 16 heavy (non-hydrogen) atoms. The molecule has 0 aliphatic rings. The van der Waals surface area contributed by atoms with Crippen molar-refractivity contribution in [3.8, 4) is 0 Å². The molecule has 0 radical (unpaired) electrons. The van der Waals surface area contributed by atoms with E-state index in [0.717, 1.165) is 16.7 Å². The quantitative estimate of drug-likeness (QED) is 0.841. The lowest BCUT2D eigenvalue weighted by Crippen LogP contribution is -2.26. The van der Waals surface area contributed by atoms with Crippen LogP contribution < -0.4 is 0 Å². The molecule has 0 saturated heterocycles. The minimum Gasteiger partial charge on any atom is -0.481 e. The number of hydrogen-bond donors (Lipinski definition) is 1. The van der Waals surface area contributed by atoms with Crippen LogP contribution in [0.25, 0.3) is 5.57 Å². The number of carboxylic acids is 1. The topological polar surface area (TPSA) is 37.3 Å². The van der Waals surface area contributed by atoms with Crippen molar-refractivity contribution < 1.29 is 9.90 Å². The average Bonchev–Trinajstić information content (AvgIpc) is 2.17. The Morgan fingerprint density at radius 1 is 1.44 bits per heavy atom. The van der Waals surface area contributed by atoms with Crippen LogP contribution in [-0.4, -0.2) is 11.1 Å². The van der Waals surface area contributed by atoms with Crippen LogP contribution in [0.15, 0.2) is 30.8 Å². The van der Waals surface area contributed by atoms with E-state index in [2.05, 4.69) is 6.58 Å². The summed E-state index contributed by atoms with van der Waals surface area (Å²) >= 11 is 0. The second kappa shape index (κ2) is 4.52. The first kappa shape index (κ1) is 12.5. The number of benzene rings is 1. The number of carbonyl (C=O) groups is 1. The average molecular weight is 218 g/mol. The van der Waals surface area contributed by atoms with E-state index in [1.54, 1.807) is 13.8 Å². The summed E-state index contributed by atoms with van der Waals surface area (Å²) in [6, 6.07) is 7.89. The van der Waals surface area contributed by atoms with Gasteiger partial charge < -0.3 is 5.11 Å². The van der Waals surface area contributed by atoms with Crippen molar-refractivity contribution in [3.63, 3.8) is 0 Å². The number of carboxylic acid groups (broad SMARTS) is 1. The Morgan fingerprint density at radius 2 is 2.06 bits per heavy atom. The lowest BCUT2D eigenvalue weighted by molar-refractivity contribution is -0.146. The maximum atomic E-state index is 11.0. The molecule has 0 aliphatic heterocycles. The van der Waals surface area contributed by atoms with Gasteiger partial charge in [0, 0.05) is 0 Å². The normalized spacial score (nSPS) is 11.2. The van der Waals surface area contributed by atoms with Crippen LogP contribution >= 0.6 is 0 Å². The van der Waals surface area contributed by atoms with Crippen LogP contribution in [0.2, 0.25) is 0 Å². The molecule has 0 saturated carbocycles. The third kappa shape index (κ3) is 2.96. The second-order valence-corrected chi connectivity index (χ2v) is 4.85. The Labute approximate surface area is 96.6 Å². The fourth-order valence-corrected chi connectivity index (χ4v) is 1.53. The van der Waals surface area contributed by atoms with Gasteiger partial charge in [-0.1, -0.05) is 36.4 Å². The lowest BCUT2D eigenvalue weighted by atomic mass is 9.85. The van der Waals surface area contributed by atoms with E-state index in [9.17, 15) is 4.79 Å². The molecule has 1 N–H and O–H groups in total. The van der Waals surface area contributed by atoms with E-state index in [4.69, 9.17) is 5.11 Å². The van der Waals surface area contributed by atoms with Gasteiger partial charge in [0.1, 0.15) is 0 Å². The van der Waals surface area contributed by atoms with Gasteiger partial charge in [-0.2, -0.15) is 0 Å². The van der Waals surface area contributed by atoms with Crippen LogP contribution in [-0.2, 0) is 11.2 Å². The molecule has 0 amide bonds. The highest BCUT2D eigenvalue weighted by Crippen LogP contribution is 2.23. The van der Waals surface area contributed by atoms with E-state index in [1.807, 2.05) is 31.2 Å². The van der Waals surface area contributed by atoms with Gasteiger partial charge in [-0.3, -0.25) is 4.79 Å². The van der Waals surface area contributed by atoms with E-state index >= 15 is 0 Å². The largest absolute Gasteiger partial charge is 0.481 e. The Hall–Kier alpha value is -1.57.